The fourth-order valence-corrected chi connectivity index (χ4v) is 4.24. The molecule has 2 amide bonds. The van der Waals surface area contributed by atoms with Crippen LogP contribution in [0.4, 0.5) is 10.8 Å². The number of benzene rings is 2. The van der Waals surface area contributed by atoms with Gasteiger partial charge in [-0.2, -0.15) is 0 Å². The van der Waals surface area contributed by atoms with Crippen molar-refractivity contribution in [2.45, 2.75) is 25.9 Å². The van der Waals surface area contributed by atoms with Crippen molar-refractivity contribution in [3.63, 3.8) is 0 Å². The number of anilines is 2. The van der Waals surface area contributed by atoms with E-state index in [-0.39, 0.29) is 11.8 Å². The number of nitrogens with one attached hydrogen (secondary N) is 2. The van der Waals surface area contributed by atoms with Crippen LogP contribution in [0.2, 0.25) is 5.02 Å². The van der Waals surface area contributed by atoms with Crippen LogP contribution in [0.25, 0.3) is 10.2 Å². The molecule has 0 bridgehead atoms. The minimum atomic E-state index is -0.410. The molecule has 0 aliphatic carbocycles. The van der Waals surface area contributed by atoms with Crippen LogP contribution in [-0.4, -0.2) is 29.5 Å². The molecule has 0 spiro atoms. The van der Waals surface area contributed by atoms with E-state index in [4.69, 9.17) is 16.3 Å². The Hall–Kier alpha value is -2.48. The second kappa shape index (κ2) is 7.87. The Morgan fingerprint density at radius 1 is 1.25 bits per heavy atom. The van der Waals surface area contributed by atoms with Crippen LogP contribution in [0.1, 0.15) is 28.8 Å². The Balaban J connectivity index is 1.52. The van der Waals surface area contributed by atoms with Crippen LogP contribution in [0, 0.1) is 6.92 Å². The molecule has 0 radical (unpaired) electrons. The molecular formula is C20H18ClN3O3S. The molecule has 4 rings (SSSR count). The topological polar surface area (TPSA) is 80.3 Å². The predicted molar refractivity (Wildman–Crippen MR) is 111 cm³/mol. The van der Waals surface area contributed by atoms with Gasteiger partial charge in [-0.05, 0) is 49.6 Å². The first kappa shape index (κ1) is 18.9. The third-order valence-electron chi connectivity index (χ3n) is 4.56. The minimum Gasteiger partial charge on any atom is -0.368 e. The second-order valence-corrected chi connectivity index (χ2v) is 8.02. The number of amides is 2. The molecule has 0 saturated carbocycles. The molecule has 144 valence electrons. The summed E-state index contributed by atoms with van der Waals surface area (Å²) < 4.78 is 6.20. The summed E-state index contributed by atoms with van der Waals surface area (Å²) >= 11 is 7.51. The third kappa shape index (κ3) is 3.87. The van der Waals surface area contributed by atoms with Crippen LogP contribution < -0.4 is 10.6 Å². The number of aryl methyl sites for hydroxylation is 1. The van der Waals surface area contributed by atoms with Crippen molar-refractivity contribution in [1.29, 1.82) is 0 Å². The highest BCUT2D eigenvalue weighted by Crippen LogP contribution is 2.29. The summed E-state index contributed by atoms with van der Waals surface area (Å²) in [5, 5.41) is 6.65. The lowest BCUT2D eigenvalue weighted by Gasteiger charge is -2.10. The summed E-state index contributed by atoms with van der Waals surface area (Å²) in [5.41, 5.74) is 2.70. The molecule has 2 N–H and O–H groups in total. The molecule has 6 nitrogen and oxygen atoms in total. The molecule has 8 heteroatoms. The fourth-order valence-electron chi connectivity index (χ4n) is 3.07. The van der Waals surface area contributed by atoms with Gasteiger partial charge in [0.1, 0.15) is 6.10 Å². The van der Waals surface area contributed by atoms with Gasteiger partial charge in [0.2, 0.25) is 0 Å². The Morgan fingerprint density at radius 3 is 2.86 bits per heavy atom. The van der Waals surface area contributed by atoms with Gasteiger partial charge >= 0.3 is 0 Å². The standard InChI is InChI=1S/C20H18ClN3O3S/c1-11-4-2-5-13(21)17(11)23-18(25)12-7-8-14-16(10-12)28-20(22-14)24-19(26)15-6-3-9-27-15/h2,4-5,7-8,10,15H,3,6,9H2,1H3,(H,23,25)(H,22,24,26). The van der Waals surface area contributed by atoms with E-state index in [9.17, 15) is 9.59 Å². The maximum atomic E-state index is 12.6. The number of nitrogens with zero attached hydrogens (tertiary/aromatic N) is 1. The normalized spacial score (nSPS) is 16.3. The molecule has 1 fully saturated rings. The molecule has 1 aliphatic rings. The van der Waals surface area contributed by atoms with E-state index in [1.807, 2.05) is 19.1 Å². The average molecular weight is 416 g/mol. The Bertz CT molecular complexity index is 1040. The number of halogens is 1. The van der Waals surface area contributed by atoms with E-state index in [0.29, 0.717) is 28.0 Å². The Morgan fingerprint density at radius 2 is 2.11 bits per heavy atom. The first-order valence-corrected chi connectivity index (χ1v) is 10.1. The highest BCUT2D eigenvalue weighted by Gasteiger charge is 2.24. The van der Waals surface area contributed by atoms with E-state index in [2.05, 4.69) is 15.6 Å². The lowest BCUT2D eigenvalue weighted by atomic mass is 10.1. The summed E-state index contributed by atoms with van der Waals surface area (Å²) in [6.07, 6.45) is 1.20. The van der Waals surface area contributed by atoms with Gasteiger partial charge in [0.15, 0.2) is 5.13 Å². The maximum Gasteiger partial charge on any atom is 0.255 e. The van der Waals surface area contributed by atoms with Gasteiger partial charge in [-0.25, -0.2) is 4.98 Å². The van der Waals surface area contributed by atoms with E-state index in [1.165, 1.54) is 11.3 Å². The molecule has 1 aromatic heterocycles. The fraction of sp³-hybridized carbons (Fsp3) is 0.250. The SMILES string of the molecule is Cc1cccc(Cl)c1NC(=O)c1ccc2nc(NC(=O)C3CCCO3)sc2c1. The number of rotatable bonds is 4. The Kier molecular flexibility index (Phi) is 5.30. The van der Waals surface area contributed by atoms with Crippen molar-refractivity contribution in [3.8, 4) is 0 Å². The van der Waals surface area contributed by atoms with Gasteiger partial charge in [-0.1, -0.05) is 35.1 Å². The number of aromatic nitrogens is 1. The average Bonchev–Trinajstić information content (AvgIpc) is 3.33. The lowest BCUT2D eigenvalue weighted by molar-refractivity contribution is -0.124. The van der Waals surface area contributed by atoms with Crippen molar-refractivity contribution in [2.24, 2.45) is 0 Å². The number of thiazole rings is 1. The first-order valence-electron chi connectivity index (χ1n) is 8.91. The molecule has 1 saturated heterocycles. The zero-order valence-corrected chi connectivity index (χ0v) is 16.7. The van der Waals surface area contributed by atoms with Crippen LogP contribution in [0.15, 0.2) is 36.4 Å². The molecule has 2 heterocycles. The van der Waals surface area contributed by atoms with Crippen molar-refractivity contribution in [3.05, 3.63) is 52.5 Å². The number of carbonyl (C=O) groups excluding carboxylic acids is 2. The molecule has 3 aromatic rings. The van der Waals surface area contributed by atoms with Gasteiger partial charge < -0.3 is 10.1 Å². The monoisotopic (exact) mass is 415 g/mol. The highest BCUT2D eigenvalue weighted by atomic mass is 35.5. The van der Waals surface area contributed by atoms with Crippen molar-refractivity contribution in [1.82, 2.24) is 4.98 Å². The van der Waals surface area contributed by atoms with Gasteiger partial charge in [0.25, 0.3) is 11.8 Å². The van der Waals surface area contributed by atoms with Crippen LogP contribution in [0.3, 0.4) is 0 Å². The van der Waals surface area contributed by atoms with E-state index >= 15 is 0 Å². The van der Waals surface area contributed by atoms with Crippen molar-refractivity contribution >= 4 is 55.8 Å². The van der Waals surface area contributed by atoms with Crippen LogP contribution in [-0.2, 0) is 9.53 Å². The van der Waals surface area contributed by atoms with Crippen LogP contribution >= 0.6 is 22.9 Å². The number of hydrogen-bond donors (Lipinski definition) is 2. The quantitative estimate of drug-likeness (QED) is 0.651. The number of fused-ring (bicyclic) bond motifs is 1. The van der Waals surface area contributed by atoms with E-state index in [0.717, 1.165) is 28.6 Å². The summed E-state index contributed by atoms with van der Waals surface area (Å²) in [6, 6.07) is 10.7. The summed E-state index contributed by atoms with van der Waals surface area (Å²) in [4.78, 5) is 29.3. The zero-order valence-electron chi connectivity index (χ0n) is 15.1. The molecule has 1 atom stereocenters. The zero-order chi connectivity index (χ0) is 19.7. The van der Waals surface area contributed by atoms with Gasteiger partial charge in [0.05, 0.1) is 20.9 Å². The summed E-state index contributed by atoms with van der Waals surface area (Å²) in [7, 11) is 0. The van der Waals surface area contributed by atoms with Gasteiger partial charge in [-0.3, -0.25) is 14.9 Å². The smallest absolute Gasteiger partial charge is 0.255 e. The minimum absolute atomic E-state index is 0.177. The molecule has 1 unspecified atom stereocenters. The first-order chi connectivity index (χ1) is 13.5. The highest BCUT2D eigenvalue weighted by molar-refractivity contribution is 7.22. The van der Waals surface area contributed by atoms with E-state index in [1.54, 1.807) is 24.3 Å². The lowest BCUT2D eigenvalue weighted by Crippen LogP contribution is -2.26. The Labute approximate surface area is 170 Å². The van der Waals surface area contributed by atoms with E-state index < -0.39 is 6.10 Å². The third-order valence-corrected chi connectivity index (χ3v) is 5.81. The second-order valence-electron chi connectivity index (χ2n) is 6.58. The summed E-state index contributed by atoms with van der Waals surface area (Å²) in [5.74, 6) is -0.430. The summed E-state index contributed by atoms with van der Waals surface area (Å²) in [6.45, 7) is 2.50. The molecule has 2 aromatic carbocycles. The number of para-hydroxylation sites is 1. The van der Waals surface area contributed by atoms with Gasteiger partial charge in [-0.15, -0.1) is 0 Å². The van der Waals surface area contributed by atoms with Crippen molar-refractivity contribution in [2.75, 3.05) is 17.2 Å². The molecule has 1 aliphatic heterocycles. The number of carbonyl (C=O) groups is 2. The number of ether oxygens (including phenoxy) is 1. The molecular weight excluding hydrogens is 398 g/mol. The largest absolute Gasteiger partial charge is 0.368 e. The number of hydrogen-bond acceptors (Lipinski definition) is 5. The maximum absolute atomic E-state index is 12.6. The van der Waals surface area contributed by atoms with Crippen molar-refractivity contribution < 1.29 is 14.3 Å². The predicted octanol–water partition coefficient (Wildman–Crippen LogP) is 4.63. The van der Waals surface area contributed by atoms with Gasteiger partial charge in [0, 0.05) is 12.2 Å². The molecule has 28 heavy (non-hydrogen) atoms. The van der Waals surface area contributed by atoms with Crippen LogP contribution in [0.5, 0.6) is 0 Å².